The second kappa shape index (κ2) is 12.7. The van der Waals surface area contributed by atoms with Crippen LogP contribution in [0.25, 0.3) is 0 Å². The fourth-order valence-electron chi connectivity index (χ4n) is 1.43. The van der Waals surface area contributed by atoms with Gasteiger partial charge in [0.2, 0.25) is 0 Å². The molecule has 0 spiro atoms. The van der Waals surface area contributed by atoms with Gasteiger partial charge in [-0.25, -0.2) is 0 Å². The maximum Gasteiger partial charge on any atom is -0.0172 e. The molecule has 0 aromatic carbocycles. The van der Waals surface area contributed by atoms with Gasteiger partial charge in [0.25, 0.3) is 0 Å². The Morgan fingerprint density at radius 3 is 0.938 bits per heavy atom. The Labute approximate surface area is 108 Å². The van der Waals surface area contributed by atoms with E-state index >= 15 is 0 Å². The topological polar surface area (TPSA) is 0 Å². The number of rotatable bonds is 0. The van der Waals surface area contributed by atoms with Crippen LogP contribution in [0.1, 0.15) is 0 Å². The minimum atomic E-state index is 1.17. The summed E-state index contributed by atoms with van der Waals surface area (Å²) in [4.78, 5) is 0. The lowest BCUT2D eigenvalue weighted by molar-refractivity contribution is 1.47. The van der Waals surface area contributed by atoms with E-state index in [1.807, 2.05) is 0 Å². The first-order valence-corrected chi connectivity index (χ1v) is 11.8. The van der Waals surface area contributed by atoms with Crippen molar-refractivity contribution >= 4 is 34.3 Å². The summed E-state index contributed by atoms with van der Waals surface area (Å²) in [6.07, 6.45) is 20.9. The monoisotopic (exact) mass is 292 g/mol. The van der Waals surface area contributed by atoms with Gasteiger partial charge < -0.3 is 0 Å². The zero-order chi connectivity index (χ0) is 11.3. The Morgan fingerprint density at radius 2 is 0.688 bits per heavy atom. The molecule has 0 aromatic heterocycles. The predicted molar refractivity (Wildman–Crippen MR) is 90.5 cm³/mol. The van der Waals surface area contributed by atoms with Crippen molar-refractivity contribution in [3.8, 4) is 0 Å². The number of hydrogen-bond donors (Lipinski definition) is 0. The molecular weight excluding hydrogens is 268 g/mol. The van der Waals surface area contributed by atoms with Crippen LogP contribution in [-0.4, -0.2) is 49.3 Å². The summed E-state index contributed by atoms with van der Waals surface area (Å²) in [5.74, 6) is 0. The Morgan fingerprint density at radius 1 is 0.438 bits per heavy atom. The summed E-state index contributed by atoms with van der Waals surface area (Å²) in [7, 11) is 4.68. The van der Waals surface area contributed by atoms with Gasteiger partial charge in [-0.05, 0) is 49.3 Å². The van der Waals surface area contributed by atoms with Crippen LogP contribution in [0, 0.1) is 0 Å². The fourth-order valence-corrected chi connectivity index (χ4v) is 6.41. The molecule has 92 valence electrons. The summed E-state index contributed by atoms with van der Waals surface area (Å²) in [5, 5.41) is 0. The van der Waals surface area contributed by atoms with Gasteiger partial charge in [-0.1, -0.05) is 24.3 Å². The van der Waals surface area contributed by atoms with Crippen LogP contribution in [0.4, 0.5) is 0 Å². The van der Waals surface area contributed by atoms with Gasteiger partial charge in [-0.3, -0.25) is 0 Å². The molecule has 0 radical (unpaired) electrons. The van der Waals surface area contributed by atoms with Crippen molar-refractivity contribution in [1.82, 2.24) is 0 Å². The van der Waals surface area contributed by atoms with Gasteiger partial charge in [0.05, 0.1) is 0 Å². The normalized spacial score (nSPS) is 32.0. The highest BCUT2D eigenvalue weighted by Crippen LogP contribution is 2.20. The van der Waals surface area contributed by atoms with E-state index in [1.165, 1.54) is 83.6 Å². The average molecular weight is 292 g/mol. The summed E-state index contributed by atoms with van der Waals surface area (Å²) in [5.41, 5.74) is 0. The molecule has 0 aliphatic carbocycles. The standard InChI is InChI=1S/C12H24P4/c1-2-6-14-11-12-16-8-4-3-7-15-10-9-13-5-1/h1-4,13-16H,5-12H2/b2-1+,4-3+. The molecule has 0 nitrogen and oxygen atoms in total. The van der Waals surface area contributed by atoms with Crippen LogP contribution in [0.15, 0.2) is 24.3 Å². The first-order valence-electron chi connectivity index (χ1n) is 6.13. The SMILES string of the molecule is C1=C/CPCCPC/C=C/CPCCPC/1. The average Bonchev–Trinajstić information content (AvgIpc) is 2.29. The molecule has 4 atom stereocenters. The third-order valence-electron chi connectivity index (χ3n) is 2.34. The van der Waals surface area contributed by atoms with E-state index in [2.05, 4.69) is 24.3 Å². The van der Waals surface area contributed by atoms with E-state index in [1.54, 1.807) is 0 Å². The molecule has 4 heteroatoms. The van der Waals surface area contributed by atoms with Crippen molar-refractivity contribution in [2.75, 3.05) is 49.3 Å². The smallest absolute Gasteiger partial charge is 0.0172 e. The first-order chi connectivity index (χ1) is 8.00. The quantitative estimate of drug-likeness (QED) is 0.470. The lowest BCUT2D eigenvalue weighted by Gasteiger charge is -2.00. The number of allylic oxidation sites excluding steroid dienone is 4. The lowest BCUT2D eigenvalue weighted by atomic mass is 10.6. The second-order valence-electron chi connectivity index (χ2n) is 3.76. The molecule has 1 heterocycles. The maximum absolute atomic E-state index is 2.42. The van der Waals surface area contributed by atoms with E-state index in [4.69, 9.17) is 0 Å². The summed E-state index contributed by atoms with van der Waals surface area (Å²) >= 11 is 0. The zero-order valence-electron chi connectivity index (χ0n) is 9.97. The van der Waals surface area contributed by atoms with Gasteiger partial charge in [0.15, 0.2) is 0 Å². The van der Waals surface area contributed by atoms with Gasteiger partial charge in [0, 0.05) is 0 Å². The molecular formula is C12H24P4. The number of hydrogen-bond acceptors (Lipinski definition) is 0. The van der Waals surface area contributed by atoms with Crippen LogP contribution in [-0.2, 0) is 0 Å². The predicted octanol–water partition coefficient (Wildman–Crippen LogP) is 3.83. The van der Waals surface area contributed by atoms with Crippen molar-refractivity contribution in [3.63, 3.8) is 0 Å². The molecule has 1 rings (SSSR count). The van der Waals surface area contributed by atoms with Gasteiger partial charge in [0.1, 0.15) is 0 Å². The molecule has 1 aliphatic heterocycles. The molecule has 0 saturated heterocycles. The van der Waals surface area contributed by atoms with Gasteiger partial charge in [-0.2, -0.15) is 0 Å². The summed E-state index contributed by atoms with van der Waals surface area (Å²) < 4.78 is 0. The Kier molecular flexibility index (Phi) is 12.1. The van der Waals surface area contributed by atoms with Crippen molar-refractivity contribution in [2.45, 2.75) is 0 Å². The maximum atomic E-state index is 2.42. The Bertz CT molecular complexity index is 159. The van der Waals surface area contributed by atoms with E-state index in [-0.39, 0.29) is 0 Å². The van der Waals surface area contributed by atoms with Crippen LogP contribution < -0.4 is 0 Å². The molecule has 0 bridgehead atoms. The second-order valence-corrected chi connectivity index (χ2v) is 9.39. The van der Waals surface area contributed by atoms with Crippen LogP contribution in [0.5, 0.6) is 0 Å². The minimum Gasteiger partial charge on any atom is -0.118 e. The third-order valence-corrected chi connectivity index (χ3v) is 7.85. The van der Waals surface area contributed by atoms with E-state index in [9.17, 15) is 0 Å². The van der Waals surface area contributed by atoms with Crippen molar-refractivity contribution in [3.05, 3.63) is 24.3 Å². The van der Waals surface area contributed by atoms with E-state index < -0.39 is 0 Å². The highest BCUT2D eigenvalue weighted by molar-refractivity contribution is 7.43. The van der Waals surface area contributed by atoms with Crippen LogP contribution in [0.2, 0.25) is 0 Å². The van der Waals surface area contributed by atoms with Crippen LogP contribution in [0.3, 0.4) is 0 Å². The first kappa shape index (κ1) is 15.3. The molecule has 0 aromatic rings. The van der Waals surface area contributed by atoms with E-state index in [0.717, 1.165) is 0 Å². The molecule has 0 fully saturated rings. The highest BCUT2D eigenvalue weighted by atomic mass is 31.1. The third kappa shape index (κ3) is 10.4. The summed E-state index contributed by atoms with van der Waals surface area (Å²) in [6.45, 7) is 0. The van der Waals surface area contributed by atoms with Crippen LogP contribution >= 0.6 is 34.3 Å². The van der Waals surface area contributed by atoms with Gasteiger partial charge >= 0.3 is 0 Å². The molecule has 1 aliphatic rings. The van der Waals surface area contributed by atoms with Crippen molar-refractivity contribution < 1.29 is 0 Å². The van der Waals surface area contributed by atoms with Crippen molar-refractivity contribution in [1.29, 1.82) is 0 Å². The summed E-state index contributed by atoms with van der Waals surface area (Å²) in [6, 6.07) is 0. The fraction of sp³-hybridized carbons (Fsp3) is 0.667. The molecule has 0 amide bonds. The molecule has 0 N–H and O–H groups in total. The molecule has 0 saturated carbocycles. The molecule has 4 unspecified atom stereocenters. The minimum absolute atomic E-state index is 1.17. The Balaban J connectivity index is 2.13. The van der Waals surface area contributed by atoms with Gasteiger partial charge in [-0.15, -0.1) is 34.3 Å². The zero-order valence-corrected chi connectivity index (χ0v) is 14.0. The lowest BCUT2D eigenvalue weighted by Crippen LogP contribution is -1.84. The van der Waals surface area contributed by atoms with Crippen molar-refractivity contribution in [2.24, 2.45) is 0 Å². The highest BCUT2D eigenvalue weighted by Gasteiger charge is 1.89. The largest absolute Gasteiger partial charge is 0.118 e. The van der Waals surface area contributed by atoms with E-state index in [0.29, 0.717) is 0 Å². The Hall–Kier alpha value is 1.20. The molecule has 16 heavy (non-hydrogen) atoms.